The summed E-state index contributed by atoms with van der Waals surface area (Å²) in [6.07, 6.45) is 7.76. The van der Waals surface area contributed by atoms with Gasteiger partial charge >= 0.3 is 6.03 Å². The van der Waals surface area contributed by atoms with Crippen LogP contribution in [0, 0.1) is 0 Å². The Bertz CT molecular complexity index is 714. The molecule has 6 nitrogen and oxygen atoms in total. The molecule has 0 radical (unpaired) electrons. The number of urea groups is 1. The van der Waals surface area contributed by atoms with Gasteiger partial charge in [-0.1, -0.05) is 29.8 Å². The minimum Gasteiger partial charge on any atom is -0.354 e. The maximum absolute atomic E-state index is 12.6. The predicted molar refractivity (Wildman–Crippen MR) is 99.7 cm³/mol. The number of hydrogen-bond donors (Lipinski definition) is 1. The number of nitrogens with zero attached hydrogens (tertiary/aromatic N) is 2. The average molecular weight is 355 g/mol. The number of carbonyl (C=O) groups is 3. The fourth-order valence-corrected chi connectivity index (χ4v) is 3.49. The molecule has 1 saturated heterocycles. The van der Waals surface area contributed by atoms with E-state index >= 15 is 0 Å². The van der Waals surface area contributed by atoms with E-state index in [1.165, 1.54) is 23.3 Å². The number of amides is 4. The summed E-state index contributed by atoms with van der Waals surface area (Å²) < 4.78 is 0. The number of nitrogens with one attached hydrogen (secondary N) is 1. The Hall–Kier alpha value is -2.63. The number of benzene rings is 1. The van der Waals surface area contributed by atoms with E-state index in [0.717, 1.165) is 24.2 Å². The Labute approximate surface area is 153 Å². The Morgan fingerprint density at radius 2 is 1.96 bits per heavy atom. The highest BCUT2D eigenvalue weighted by Gasteiger charge is 2.43. The molecule has 0 spiro atoms. The Balaban J connectivity index is 1.55. The molecule has 138 valence electrons. The lowest BCUT2D eigenvalue weighted by molar-refractivity contribution is -0.131. The smallest absolute Gasteiger partial charge is 0.332 e. The van der Waals surface area contributed by atoms with Gasteiger partial charge < -0.3 is 5.32 Å². The van der Waals surface area contributed by atoms with Crippen LogP contribution >= 0.6 is 0 Å². The van der Waals surface area contributed by atoms with Crippen LogP contribution in [0.3, 0.4) is 0 Å². The van der Waals surface area contributed by atoms with E-state index in [1.54, 1.807) is 19.1 Å². The van der Waals surface area contributed by atoms with Gasteiger partial charge in [-0.3, -0.25) is 19.4 Å². The van der Waals surface area contributed by atoms with Gasteiger partial charge in [-0.2, -0.15) is 0 Å². The van der Waals surface area contributed by atoms with Crippen LogP contribution in [0.2, 0.25) is 0 Å². The number of rotatable bonds is 6. The van der Waals surface area contributed by atoms with Crippen molar-refractivity contribution in [3.8, 4) is 0 Å². The van der Waals surface area contributed by atoms with E-state index in [1.807, 2.05) is 18.2 Å². The van der Waals surface area contributed by atoms with Crippen LogP contribution in [-0.2, 0) is 9.59 Å². The summed E-state index contributed by atoms with van der Waals surface area (Å²) in [6.45, 7) is 1.99. The standard InChI is InChI=1S/C20H25N3O3/c1-15-19(25)22(20(26)23(15)17-10-6-3-7-11-17)14-18(24)21-13-12-16-8-4-2-5-9-16/h3,6-8,10-11,15H,2,4-5,9,12-14H2,1H3,(H,21,24). The van der Waals surface area contributed by atoms with Gasteiger partial charge in [-0.25, -0.2) is 4.79 Å². The summed E-state index contributed by atoms with van der Waals surface area (Å²) in [4.78, 5) is 39.7. The molecule has 4 amide bonds. The number of para-hydroxylation sites is 1. The molecule has 1 aliphatic carbocycles. The lowest BCUT2D eigenvalue weighted by atomic mass is 9.97. The van der Waals surface area contributed by atoms with Gasteiger partial charge in [0.25, 0.3) is 5.91 Å². The number of allylic oxidation sites excluding steroid dienone is 1. The lowest BCUT2D eigenvalue weighted by Gasteiger charge is -2.19. The van der Waals surface area contributed by atoms with Gasteiger partial charge in [-0.15, -0.1) is 0 Å². The van der Waals surface area contributed by atoms with Crippen LogP contribution in [0.5, 0.6) is 0 Å². The quantitative estimate of drug-likeness (QED) is 0.630. The monoisotopic (exact) mass is 355 g/mol. The van der Waals surface area contributed by atoms with Gasteiger partial charge in [0.15, 0.2) is 0 Å². The number of imide groups is 1. The minimum atomic E-state index is -0.606. The second kappa shape index (κ2) is 8.17. The molecular formula is C20H25N3O3. The van der Waals surface area contributed by atoms with Crippen molar-refractivity contribution >= 4 is 23.5 Å². The first-order valence-electron chi connectivity index (χ1n) is 9.22. The Morgan fingerprint density at radius 1 is 1.19 bits per heavy atom. The maximum Gasteiger partial charge on any atom is 0.332 e. The summed E-state index contributed by atoms with van der Waals surface area (Å²) in [5, 5.41) is 2.82. The molecule has 0 saturated carbocycles. The third-order valence-corrected chi connectivity index (χ3v) is 4.94. The summed E-state index contributed by atoms with van der Waals surface area (Å²) in [6, 6.07) is 7.99. The molecule has 1 aliphatic heterocycles. The van der Waals surface area contributed by atoms with E-state index in [0.29, 0.717) is 12.2 Å². The van der Waals surface area contributed by atoms with Gasteiger partial charge in [0, 0.05) is 12.2 Å². The zero-order valence-electron chi connectivity index (χ0n) is 15.1. The van der Waals surface area contributed by atoms with Crippen molar-refractivity contribution in [1.29, 1.82) is 0 Å². The maximum atomic E-state index is 12.6. The molecule has 1 heterocycles. The molecule has 1 unspecified atom stereocenters. The van der Waals surface area contributed by atoms with Crippen LogP contribution < -0.4 is 10.2 Å². The Morgan fingerprint density at radius 3 is 2.65 bits per heavy atom. The third kappa shape index (κ3) is 3.95. The van der Waals surface area contributed by atoms with E-state index in [4.69, 9.17) is 0 Å². The topological polar surface area (TPSA) is 69.7 Å². The molecular weight excluding hydrogens is 330 g/mol. The SMILES string of the molecule is CC1C(=O)N(CC(=O)NCCC2=CCCCC2)C(=O)N1c1ccccc1. The molecule has 3 rings (SSSR count). The molecule has 1 N–H and O–H groups in total. The molecule has 26 heavy (non-hydrogen) atoms. The zero-order chi connectivity index (χ0) is 18.5. The molecule has 0 bridgehead atoms. The second-order valence-corrected chi connectivity index (χ2v) is 6.80. The van der Waals surface area contributed by atoms with Crippen LogP contribution in [0.1, 0.15) is 39.0 Å². The fourth-order valence-electron chi connectivity index (χ4n) is 3.49. The molecule has 6 heteroatoms. The summed E-state index contributed by atoms with van der Waals surface area (Å²) in [5.74, 6) is -0.644. The van der Waals surface area contributed by atoms with E-state index < -0.39 is 12.1 Å². The molecule has 1 atom stereocenters. The number of hydrogen-bond acceptors (Lipinski definition) is 3. The number of carbonyl (C=O) groups excluding carboxylic acids is 3. The van der Waals surface area contributed by atoms with E-state index in [-0.39, 0.29) is 18.4 Å². The third-order valence-electron chi connectivity index (χ3n) is 4.94. The highest BCUT2D eigenvalue weighted by molar-refractivity contribution is 6.15. The van der Waals surface area contributed by atoms with Crippen molar-refractivity contribution in [3.63, 3.8) is 0 Å². The average Bonchev–Trinajstić information content (AvgIpc) is 2.87. The van der Waals surface area contributed by atoms with Crippen molar-refractivity contribution in [1.82, 2.24) is 10.2 Å². The highest BCUT2D eigenvalue weighted by atomic mass is 16.2. The van der Waals surface area contributed by atoms with Crippen LogP contribution in [0.4, 0.5) is 10.5 Å². The van der Waals surface area contributed by atoms with Crippen molar-refractivity contribution < 1.29 is 14.4 Å². The predicted octanol–water partition coefficient (Wildman–Crippen LogP) is 2.85. The van der Waals surface area contributed by atoms with Crippen molar-refractivity contribution in [2.75, 3.05) is 18.0 Å². The van der Waals surface area contributed by atoms with Gasteiger partial charge in [-0.05, 0) is 51.2 Å². The minimum absolute atomic E-state index is 0.232. The van der Waals surface area contributed by atoms with Gasteiger partial charge in [0.05, 0.1) is 0 Å². The fraction of sp³-hybridized carbons (Fsp3) is 0.450. The Kier molecular flexibility index (Phi) is 5.71. The lowest BCUT2D eigenvalue weighted by Crippen LogP contribution is -2.41. The molecule has 1 aromatic carbocycles. The normalized spacial score (nSPS) is 20.3. The van der Waals surface area contributed by atoms with E-state index in [2.05, 4.69) is 11.4 Å². The summed E-state index contributed by atoms with van der Waals surface area (Å²) in [5.41, 5.74) is 2.04. The molecule has 2 aliphatic rings. The number of anilines is 1. The first-order chi connectivity index (χ1) is 12.6. The van der Waals surface area contributed by atoms with Crippen molar-refractivity contribution in [3.05, 3.63) is 42.0 Å². The van der Waals surface area contributed by atoms with Crippen LogP contribution in [-0.4, -0.2) is 41.9 Å². The second-order valence-electron chi connectivity index (χ2n) is 6.80. The van der Waals surface area contributed by atoms with Crippen LogP contribution in [0.25, 0.3) is 0 Å². The van der Waals surface area contributed by atoms with E-state index in [9.17, 15) is 14.4 Å². The highest BCUT2D eigenvalue weighted by Crippen LogP contribution is 2.25. The first-order valence-corrected chi connectivity index (χ1v) is 9.22. The largest absolute Gasteiger partial charge is 0.354 e. The first kappa shape index (κ1) is 18.2. The van der Waals surface area contributed by atoms with Crippen molar-refractivity contribution in [2.45, 2.75) is 45.1 Å². The van der Waals surface area contributed by atoms with Crippen LogP contribution in [0.15, 0.2) is 42.0 Å². The van der Waals surface area contributed by atoms with Crippen molar-refractivity contribution in [2.24, 2.45) is 0 Å². The molecule has 1 fully saturated rings. The summed E-state index contributed by atoms with van der Waals surface area (Å²) in [7, 11) is 0. The zero-order valence-corrected chi connectivity index (χ0v) is 15.1. The summed E-state index contributed by atoms with van der Waals surface area (Å²) >= 11 is 0. The molecule has 0 aromatic heterocycles. The van der Waals surface area contributed by atoms with Gasteiger partial charge in [0.1, 0.15) is 12.6 Å². The van der Waals surface area contributed by atoms with Gasteiger partial charge in [0.2, 0.25) is 5.91 Å². The molecule has 1 aromatic rings.